The molecule has 1 fully saturated rings. The zero-order valence-electron chi connectivity index (χ0n) is 14.6. The Balaban J connectivity index is 1.69. The topological polar surface area (TPSA) is 85.0 Å². The Hall–Kier alpha value is -2.16. The van der Waals surface area contributed by atoms with Gasteiger partial charge in [0.15, 0.2) is 5.65 Å². The standard InChI is InChI=1S/C18H21N5O2S/c1-26-14-4-2-13(3-5-14)23-16-15(10-21-23)17(24)22(12-20-16)11-18(25)6-8-19-9-7-18/h2-5,10,12,19,25H,6-9,11H2,1H3. The molecule has 1 aliphatic rings. The SMILES string of the molecule is CSc1ccc(-n2ncc3c(=O)n(CC4(O)CCNCC4)cnc32)cc1. The highest BCUT2D eigenvalue weighted by molar-refractivity contribution is 7.98. The highest BCUT2D eigenvalue weighted by Crippen LogP contribution is 2.21. The first kappa shape index (κ1) is 17.3. The van der Waals surface area contributed by atoms with E-state index in [4.69, 9.17) is 0 Å². The molecular weight excluding hydrogens is 350 g/mol. The molecule has 1 saturated heterocycles. The smallest absolute Gasteiger partial charge is 0.264 e. The number of aliphatic hydroxyl groups is 1. The van der Waals surface area contributed by atoms with Crippen LogP contribution in [0.25, 0.3) is 16.7 Å². The van der Waals surface area contributed by atoms with Crippen LogP contribution in [0.4, 0.5) is 0 Å². The molecule has 0 unspecified atom stereocenters. The summed E-state index contributed by atoms with van der Waals surface area (Å²) in [5.74, 6) is 0. The lowest BCUT2D eigenvalue weighted by atomic mass is 9.92. The fraction of sp³-hybridized carbons (Fsp3) is 0.389. The number of rotatable bonds is 4. The average molecular weight is 371 g/mol. The van der Waals surface area contributed by atoms with Crippen molar-refractivity contribution in [1.29, 1.82) is 0 Å². The summed E-state index contributed by atoms with van der Waals surface area (Å²) < 4.78 is 3.17. The lowest BCUT2D eigenvalue weighted by Crippen LogP contribution is -2.46. The van der Waals surface area contributed by atoms with E-state index in [2.05, 4.69) is 15.4 Å². The van der Waals surface area contributed by atoms with Gasteiger partial charge in [0.2, 0.25) is 0 Å². The Kier molecular flexibility index (Phi) is 4.56. The number of benzene rings is 1. The summed E-state index contributed by atoms with van der Waals surface area (Å²) >= 11 is 1.67. The molecule has 7 nitrogen and oxygen atoms in total. The maximum Gasteiger partial charge on any atom is 0.264 e. The van der Waals surface area contributed by atoms with Crippen LogP contribution in [-0.4, -0.2) is 49.4 Å². The van der Waals surface area contributed by atoms with Crippen LogP contribution in [0.2, 0.25) is 0 Å². The second kappa shape index (κ2) is 6.86. The molecule has 0 amide bonds. The van der Waals surface area contributed by atoms with Crippen molar-refractivity contribution in [2.45, 2.75) is 29.9 Å². The van der Waals surface area contributed by atoms with Gasteiger partial charge in [-0.1, -0.05) is 0 Å². The molecule has 1 aromatic carbocycles. The maximum absolute atomic E-state index is 12.8. The van der Waals surface area contributed by atoms with E-state index in [1.54, 1.807) is 22.6 Å². The predicted octanol–water partition coefficient (Wildman–Crippen LogP) is 1.42. The normalized spacial score (nSPS) is 16.8. The van der Waals surface area contributed by atoms with Crippen LogP contribution >= 0.6 is 11.8 Å². The fourth-order valence-corrected chi connectivity index (χ4v) is 3.75. The van der Waals surface area contributed by atoms with Gasteiger partial charge in [-0.05, 0) is 56.5 Å². The van der Waals surface area contributed by atoms with Gasteiger partial charge in [0.25, 0.3) is 5.56 Å². The molecule has 26 heavy (non-hydrogen) atoms. The van der Waals surface area contributed by atoms with Crippen LogP contribution in [0.15, 0.2) is 46.5 Å². The number of hydrogen-bond donors (Lipinski definition) is 2. The summed E-state index contributed by atoms with van der Waals surface area (Å²) in [6.07, 6.45) is 6.34. The van der Waals surface area contributed by atoms with Crippen LogP contribution < -0.4 is 10.9 Å². The first-order chi connectivity index (χ1) is 12.6. The largest absolute Gasteiger partial charge is 0.388 e. The van der Waals surface area contributed by atoms with E-state index in [0.717, 1.165) is 23.7 Å². The molecule has 4 rings (SSSR count). The number of piperidine rings is 1. The van der Waals surface area contributed by atoms with E-state index in [1.165, 1.54) is 10.9 Å². The van der Waals surface area contributed by atoms with Gasteiger partial charge >= 0.3 is 0 Å². The summed E-state index contributed by atoms with van der Waals surface area (Å²) in [6, 6.07) is 7.95. The number of thioether (sulfide) groups is 1. The lowest BCUT2D eigenvalue weighted by molar-refractivity contribution is -0.00627. The van der Waals surface area contributed by atoms with E-state index in [-0.39, 0.29) is 12.1 Å². The third-order valence-corrected chi connectivity index (χ3v) is 5.61. The Bertz CT molecular complexity index is 973. The van der Waals surface area contributed by atoms with Crippen molar-refractivity contribution >= 4 is 22.8 Å². The summed E-state index contributed by atoms with van der Waals surface area (Å²) in [7, 11) is 0. The molecule has 136 valence electrons. The van der Waals surface area contributed by atoms with Crippen molar-refractivity contribution in [2.24, 2.45) is 0 Å². The maximum atomic E-state index is 12.8. The van der Waals surface area contributed by atoms with Gasteiger partial charge in [-0.2, -0.15) is 5.10 Å². The van der Waals surface area contributed by atoms with Gasteiger partial charge in [0.1, 0.15) is 11.7 Å². The van der Waals surface area contributed by atoms with Gasteiger partial charge in [0.05, 0.1) is 24.0 Å². The van der Waals surface area contributed by atoms with Crippen molar-refractivity contribution in [1.82, 2.24) is 24.6 Å². The van der Waals surface area contributed by atoms with Crippen LogP contribution in [0, 0.1) is 0 Å². The Morgan fingerprint density at radius 3 is 2.69 bits per heavy atom. The molecule has 0 radical (unpaired) electrons. The monoisotopic (exact) mass is 371 g/mol. The number of aromatic nitrogens is 4. The van der Waals surface area contributed by atoms with Gasteiger partial charge in [-0.3, -0.25) is 9.36 Å². The molecule has 0 bridgehead atoms. The second-order valence-electron chi connectivity index (χ2n) is 6.64. The molecule has 3 aromatic rings. The Morgan fingerprint density at radius 1 is 1.27 bits per heavy atom. The highest BCUT2D eigenvalue weighted by Gasteiger charge is 2.30. The van der Waals surface area contributed by atoms with Crippen LogP contribution in [0.1, 0.15) is 12.8 Å². The molecule has 8 heteroatoms. The molecule has 2 N–H and O–H groups in total. The predicted molar refractivity (Wildman–Crippen MR) is 102 cm³/mol. The zero-order valence-corrected chi connectivity index (χ0v) is 15.4. The van der Waals surface area contributed by atoms with Crippen molar-refractivity contribution in [3.8, 4) is 5.69 Å². The molecule has 1 aliphatic heterocycles. The summed E-state index contributed by atoms with van der Waals surface area (Å²) in [5, 5.41) is 18.7. The first-order valence-electron chi connectivity index (χ1n) is 8.60. The molecule has 2 aromatic heterocycles. The van der Waals surface area contributed by atoms with E-state index < -0.39 is 5.60 Å². The summed E-state index contributed by atoms with van der Waals surface area (Å²) in [4.78, 5) is 18.4. The number of nitrogens with zero attached hydrogens (tertiary/aromatic N) is 4. The Labute approximate surface area is 155 Å². The molecule has 0 aliphatic carbocycles. The van der Waals surface area contributed by atoms with Gasteiger partial charge in [-0.25, -0.2) is 9.67 Å². The average Bonchev–Trinajstić information content (AvgIpc) is 3.09. The minimum Gasteiger partial charge on any atom is -0.388 e. The summed E-state index contributed by atoms with van der Waals surface area (Å²) in [5.41, 5.74) is 0.350. The molecule has 0 saturated carbocycles. The molecular formula is C18H21N5O2S. The van der Waals surface area contributed by atoms with E-state index in [0.29, 0.717) is 23.9 Å². The van der Waals surface area contributed by atoms with Gasteiger partial charge in [0, 0.05) is 4.90 Å². The van der Waals surface area contributed by atoms with Crippen molar-refractivity contribution in [3.63, 3.8) is 0 Å². The molecule has 0 atom stereocenters. The minimum absolute atomic E-state index is 0.172. The second-order valence-corrected chi connectivity index (χ2v) is 7.52. The van der Waals surface area contributed by atoms with Crippen molar-refractivity contribution in [2.75, 3.05) is 19.3 Å². The first-order valence-corrected chi connectivity index (χ1v) is 9.83. The number of nitrogens with one attached hydrogen (secondary N) is 1. The third-order valence-electron chi connectivity index (χ3n) is 4.87. The third kappa shape index (κ3) is 3.15. The van der Waals surface area contributed by atoms with Crippen LogP contribution in [0.3, 0.4) is 0 Å². The van der Waals surface area contributed by atoms with Crippen LogP contribution in [-0.2, 0) is 6.54 Å². The molecule has 3 heterocycles. The molecule has 0 spiro atoms. The zero-order chi connectivity index (χ0) is 18.1. The van der Waals surface area contributed by atoms with E-state index in [9.17, 15) is 9.90 Å². The minimum atomic E-state index is -0.867. The van der Waals surface area contributed by atoms with Gasteiger partial charge < -0.3 is 10.4 Å². The Morgan fingerprint density at radius 2 is 2.00 bits per heavy atom. The fourth-order valence-electron chi connectivity index (χ4n) is 3.34. The van der Waals surface area contributed by atoms with Crippen molar-refractivity contribution < 1.29 is 5.11 Å². The number of hydrogen-bond acceptors (Lipinski definition) is 6. The van der Waals surface area contributed by atoms with Gasteiger partial charge in [-0.15, -0.1) is 11.8 Å². The summed E-state index contributed by atoms with van der Waals surface area (Å²) in [6.45, 7) is 1.76. The highest BCUT2D eigenvalue weighted by atomic mass is 32.2. The van der Waals surface area contributed by atoms with E-state index >= 15 is 0 Å². The lowest BCUT2D eigenvalue weighted by Gasteiger charge is -2.32. The van der Waals surface area contributed by atoms with E-state index in [1.807, 2.05) is 30.5 Å². The quantitative estimate of drug-likeness (QED) is 0.675. The van der Waals surface area contributed by atoms with Crippen LogP contribution in [0.5, 0.6) is 0 Å². The number of fused-ring (bicyclic) bond motifs is 1. The van der Waals surface area contributed by atoms with Crippen molar-refractivity contribution in [3.05, 3.63) is 47.1 Å².